The summed E-state index contributed by atoms with van der Waals surface area (Å²) in [7, 11) is 0. The van der Waals surface area contributed by atoms with E-state index in [9.17, 15) is 23.1 Å². The first kappa shape index (κ1) is 22.8. The average Bonchev–Trinajstić information content (AvgIpc) is 3.14. The van der Waals surface area contributed by atoms with Crippen molar-refractivity contribution in [3.05, 3.63) is 52.9 Å². The number of halogens is 4. The minimum absolute atomic E-state index is 0.0450. The van der Waals surface area contributed by atoms with Crippen LogP contribution in [0.4, 0.5) is 19.0 Å². The zero-order valence-electron chi connectivity index (χ0n) is 17.1. The quantitative estimate of drug-likeness (QED) is 0.716. The molecule has 2 aliphatic rings. The first-order valence-electron chi connectivity index (χ1n) is 10.3. The van der Waals surface area contributed by atoms with Crippen LogP contribution in [0.5, 0.6) is 0 Å². The predicted octanol–water partition coefficient (Wildman–Crippen LogP) is 2.59. The minimum atomic E-state index is -4.62. The lowest BCUT2D eigenvalue weighted by Crippen LogP contribution is -2.50. The maximum absolute atomic E-state index is 12.9. The molecule has 1 unspecified atom stereocenters. The topological polar surface area (TPSA) is 81.6 Å². The average molecular weight is 470 g/mol. The highest BCUT2D eigenvalue weighted by atomic mass is 35.5. The van der Waals surface area contributed by atoms with Gasteiger partial charge in [0, 0.05) is 49.0 Å². The Hall–Kier alpha value is -2.43. The highest BCUT2D eigenvalue weighted by Crippen LogP contribution is 2.28. The second-order valence-electron chi connectivity index (χ2n) is 8.06. The van der Waals surface area contributed by atoms with E-state index in [1.165, 1.54) is 6.07 Å². The Morgan fingerprint density at radius 1 is 1.12 bits per heavy atom. The number of likely N-dealkylation sites (tertiary alicyclic amines) is 1. The monoisotopic (exact) mass is 469 g/mol. The highest BCUT2D eigenvalue weighted by molar-refractivity contribution is 6.30. The molecule has 2 N–H and O–H groups in total. The summed E-state index contributed by atoms with van der Waals surface area (Å²) in [6.45, 7) is 1.66. The Bertz CT molecular complexity index is 951. The number of amides is 1. The first-order valence-corrected chi connectivity index (χ1v) is 10.7. The second kappa shape index (κ2) is 9.21. The van der Waals surface area contributed by atoms with Gasteiger partial charge in [0.25, 0.3) is 5.91 Å². The number of β-amino-alcohol motifs (C(OH)–C–C–N with tert-alkyl or cyclic N) is 1. The molecule has 2 aliphatic heterocycles. The Balaban J connectivity index is 1.31. The van der Waals surface area contributed by atoms with E-state index < -0.39 is 18.1 Å². The van der Waals surface area contributed by atoms with Crippen LogP contribution in [0.1, 0.15) is 29.0 Å². The van der Waals surface area contributed by atoms with Gasteiger partial charge in [-0.1, -0.05) is 11.6 Å². The fraction of sp³-hybridized carbons (Fsp3) is 0.476. The van der Waals surface area contributed by atoms with E-state index in [1.807, 2.05) is 0 Å². The van der Waals surface area contributed by atoms with Crippen molar-refractivity contribution in [2.75, 3.05) is 31.1 Å². The van der Waals surface area contributed by atoms with E-state index in [4.69, 9.17) is 11.6 Å². The molecule has 11 heteroatoms. The van der Waals surface area contributed by atoms with Gasteiger partial charge in [-0.2, -0.15) is 13.2 Å². The third-order valence-corrected chi connectivity index (χ3v) is 6.08. The van der Waals surface area contributed by atoms with Crippen LogP contribution in [0, 0.1) is 0 Å². The fourth-order valence-electron chi connectivity index (χ4n) is 4.13. The van der Waals surface area contributed by atoms with Crippen LogP contribution in [0.3, 0.4) is 0 Å². The summed E-state index contributed by atoms with van der Waals surface area (Å²) in [5.41, 5.74) is 0.589. The summed E-state index contributed by atoms with van der Waals surface area (Å²) in [6.07, 6.45) is -2.86. The van der Waals surface area contributed by atoms with Crippen molar-refractivity contribution in [3.63, 3.8) is 0 Å². The van der Waals surface area contributed by atoms with Crippen LogP contribution >= 0.6 is 11.6 Å². The number of nitrogens with one attached hydrogen (secondary N) is 1. The predicted molar refractivity (Wildman–Crippen MR) is 113 cm³/mol. The lowest BCUT2D eigenvalue weighted by atomic mass is 10.0. The summed E-state index contributed by atoms with van der Waals surface area (Å²) >= 11 is 5.88. The molecule has 3 heterocycles. The number of alkyl halides is 3. The van der Waals surface area contributed by atoms with Crippen molar-refractivity contribution in [1.29, 1.82) is 0 Å². The van der Waals surface area contributed by atoms with E-state index in [1.54, 1.807) is 34.1 Å². The number of anilines is 1. The van der Waals surface area contributed by atoms with Crippen molar-refractivity contribution in [1.82, 2.24) is 20.2 Å². The number of carbonyl (C=O) groups is 1. The van der Waals surface area contributed by atoms with Crippen molar-refractivity contribution < 1.29 is 23.1 Å². The van der Waals surface area contributed by atoms with Crippen molar-refractivity contribution >= 4 is 23.3 Å². The van der Waals surface area contributed by atoms with Crippen molar-refractivity contribution in [2.45, 2.75) is 37.2 Å². The number of nitrogens with zero attached hydrogens (tertiary/aromatic N) is 4. The third-order valence-electron chi connectivity index (χ3n) is 5.83. The summed E-state index contributed by atoms with van der Waals surface area (Å²) in [6, 6.07) is 7.98. The first-order chi connectivity index (χ1) is 15.2. The lowest BCUT2D eigenvalue weighted by molar-refractivity contribution is -0.144. The van der Waals surface area contributed by atoms with Gasteiger partial charge < -0.3 is 20.2 Å². The Kier molecular flexibility index (Phi) is 6.55. The van der Waals surface area contributed by atoms with Gasteiger partial charge in [-0.3, -0.25) is 4.79 Å². The Morgan fingerprint density at radius 2 is 1.81 bits per heavy atom. The standard InChI is InChI=1S/C21H23ClF3N5O2/c22-14-3-1-13(2-4-14)19(32)29-9-6-15(7-10-29)27-16-11-30(12-17(16)31)18-5-8-26-20(28-18)21(23,24)25/h1-5,8,15-17,27,31H,6-7,9-12H2/t16?,17-/m1/s1. The molecule has 2 atom stereocenters. The molecule has 0 saturated carbocycles. The van der Waals surface area contributed by atoms with Crippen LogP contribution in [-0.4, -0.2) is 70.2 Å². The van der Waals surface area contributed by atoms with Gasteiger partial charge in [-0.25, -0.2) is 9.97 Å². The largest absolute Gasteiger partial charge is 0.451 e. The zero-order valence-corrected chi connectivity index (χ0v) is 17.9. The van der Waals surface area contributed by atoms with Gasteiger partial charge in [0.1, 0.15) is 5.82 Å². The molecule has 0 spiro atoms. The molecular formula is C21H23ClF3N5O2. The van der Waals surface area contributed by atoms with Crippen molar-refractivity contribution in [2.24, 2.45) is 0 Å². The molecule has 7 nitrogen and oxygen atoms in total. The summed E-state index contributed by atoms with van der Waals surface area (Å²) in [5, 5.41) is 14.4. The molecule has 1 aromatic carbocycles. The van der Waals surface area contributed by atoms with Gasteiger partial charge in [0.2, 0.25) is 5.82 Å². The SMILES string of the molecule is O=C(c1ccc(Cl)cc1)N1CCC(NC2CN(c3ccnc(C(F)(F)F)n3)C[C@H]2O)CC1. The number of benzene rings is 1. The molecule has 0 aliphatic carbocycles. The van der Waals surface area contributed by atoms with Crippen LogP contribution in [0.15, 0.2) is 36.5 Å². The van der Waals surface area contributed by atoms with Gasteiger partial charge >= 0.3 is 6.18 Å². The van der Waals surface area contributed by atoms with E-state index >= 15 is 0 Å². The molecular weight excluding hydrogens is 447 g/mol. The summed E-state index contributed by atoms with van der Waals surface area (Å²) in [5.74, 6) is -1.10. The Morgan fingerprint density at radius 3 is 2.47 bits per heavy atom. The smallest absolute Gasteiger partial charge is 0.390 e. The van der Waals surface area contributed by atoms with Gasteiger partial charge in [-0.15, -0.1) is 0 Å². The molecule has 1 aromatic heterocycles. The molecule has 0 radical (unpaired) electrons. The van der Waals surface area contributed by atoms with Gasteiger partial charge in [0.05, 0.1) is 12.1 Å². The molecule has 2 aromatic rings. The van der Waals surface area contributed by atoms with Crippen LogP contribution in [0.2, 0.25) is 5.02 Å². The number of piperidine rings is 1. The number of carbonyl (C=O) groups excluding carboxylic acids is 1. The maximum Gasteiger partial charge on any atom is 0.451 e. The summed E-state index contributed by atoms with van der Waals surface area (Å²) in [4.78, 5) is 22.9. The van der Waals surface area contributed by atoms with Crippen LogP contribution < -0.4 is 10.2 Å². The van der Waals surface area contributed by atoms with E-state index in [-0.39, 0.29) is 30.4 Å². The summed E-state index contributed by atoms with van der Waals surface area (Å²) < 4.78 is 38.7. The molecule has 2 saturated heterocycles. The van der Waals surface area contributed by atoms with E-state index in [0.717, 1.165) is 6.20 Å². The normalized spacial score (nSPS) is 22.4. The molecule has 4 rings (SSSR count). The van der Waals surface area contributed by atoms with Gasteiger partial charge in [-0.05, 0) is 43.2 Å². The van der Waals surface area contributed by atoms with E-state index in [0.29, 0.717) is 43.1 Å². The van der Waals surface area contributed by atoms with E-state index in [2.05, 4.69) is 15.3 Å². The number of aromatic nitrogens is 2. The maximum atomic E-state index is 12.9. The van der Waals surface area contributed by atoms with Crippen LogP contribution in [0.25, 0.3) is 0 Å². The number of hydrogen-bond donors (Lipinski definition) is 2. The minimum Gasteiger partial charge on any atom is -0.390 e. The zero-order chi connectivity index (χ0) is 22.9. The highest BCUT2D eigenvalue weighted by Gasteiger charge is 2.38. The molecule has 0 bridgehead atoms. The van der Waals surface area contributed by atoms with Crippen molar-refractivity contribution in [3.8, 4) is 0 Å². The van der Waals surface area contributed by atoms with Crippen LogP contribution in [-0.2, 0) is 6.18 Å². The number of aliphatic hydroxyl groups excluding tert-OH is 1. The lowest BCUT2D eigenvalue weighted by Gasteiger charge is -2.34. The number of rotatable bonds is 4. The van der Waals surface area contributed by atoms with Gasteiger partial charge in [0.15, 0.2) is 0 Å². The number of aliphatic hydroxyl groups is 1. The fourth-order valence-corrected chi connectivity index (χ4v) is 4.25. The molecule has 1 amide bonds. The molecule has 2 fully saturated rings. The third kappa shape index (κ3) is 5.13. The second-order valence-corrected chi connectivity index (χ2v) is 8.49. The Labute approximate surface area is 188 Å². The number of hydrogen-bond acceptors (Lipinski definition) is 6. The molecule has 172 valence electrons. The molecule has 32 heavy (non-hydrogen) atoms.